The molecule has 1 N–H and O–H groups in total. The lowest BCUT2D eigenvalue weighted by molar-refractivity contribution is 0.178. The van der Waals surface area contributed by atoms with E-state index in [0.717, 1.165) is 0 Å². The van der Waals surface area contributed by atoms with E-state index in [1.54, 1.807) is 29.2 Å². The Morgan fingerprint density at radius 3 is 3.18 bits per heavy atom. The summed E-state index contributed by atoms with van der Waals surface area (Å²) in [5.41, 5.74) is 1.23. The topological polar surface area (TPSA) is 65.4 Å². The van der Waals surface area contributed by atoms with E-state index in [2.05, 4.69) is 11.4 Å². The van der Waals surface area contributed by atoms with Crippen LogP contribution in [0, 0.1) is 11.3 Å². The van der Waals surface area contributed by atoms with Crippen molar-refractivity contribution >= 4 is 11.8 Å². The number of hydrogen-bond donors (Lipinski definition) is 1. The zero-order valence-electron chi connectivity index (χ0n) is 9.51. The van der Waals surface area contributed by atoms with Crippen LogP contribution in [-0.4, -0.2) is 32.3 Å². The second-order valence-corrected chi connectivity index (χ2v) is 3.82. The van der Waals surface area contributed by atoms with E-state index >= 15 is 0 Å². The van der Waals surface area contributed by atoms with Crippen molar-refractivity contribution in [1.29, 1.82) is 5.26 Å². The number of likely N-dealkylation sites (N-methyl/N-ethyl adjacent to an activating group) is 1. The Bertz CT molecular complexity index is 467. The molecule has 0 spiro atoms. The Morgan fingerprint density at radius 2 is 2.47 bits per heavy atom. The number of ether oxygens (including phenoxy) is 1. The molecule has 1 amide bonds. The highest BCUT2D eigenvalue weighted by Gasteiger charge is 2.33. The van der Waals surface area contributed by atoms with Gasteiger partial charge in [0.15, 0.2) is 0 Å². The minimum Gasteiger partial charge on any atom is -0.447 e. The molecular weight excluding hydrogens is 218 g/mol. The predicted molar refractivity (Wildman–Crippen MR) is 62.7 cm³/mol. The number of hydrogen-bond acceptors (Lipinski definition) is 4. The number of nitrogens with one attached hydrogen (secondary N) is 1. The maximum absolute atomic E-state index is 11.7. The van der Waals surface area contributed by atoms with Gasteiger partial charge in [0.05, 0.1) is 17.7 Å². The van der Waals surface area contributed by atoms with Gasteiger partial charge in [0.25, 0.3) is 0 Å². The summed E-state index contributed by atoms with van der Waals surface area (Å²) >= 11 is 0. The third-order valence-corrected chi connectivity index (χ3v) is 2.65. The van der Waals surface area contributed by atoms with Gasteiger partial charge in [0, 0.05) is 12.2 Å². The van der Waals surface area contributed by atoms with Gasteiger partial charge in [-0.1, -0.05) is 6.07 Å². The van der Waals surface area contributed by atoms with Crippen LogP contribution in [0.15, 0.2) is 24.3 Å². The molecule has 2 rings (SSSR count). The third-order valence-electron chi connectivity index (χ3n) is 2.65. The molecule has 5 heteroatoms. The number of nitrogens with zero attached hydrogens (tertiary/aromatic N) is 2. The highest BCUT2D eigenvalue weighted by molar-refractivity contribution is 5.90. The quantitative estimate of drug-likeness (QED) is 0.846. The van der Waals surface area contributed by atoms with Gasteiger partial charge in [-0.25, -0.2) is 4.79 Å². The summed E-state index contributed by atoms with van der Waals surface area (Å²) < 4.78 is 5.02. The largest absolute Gasteiger partial charge is 0.447 e. The van der Waals surface area contributed by atoms with Crippen LogP contribution >= 0.6 is 0 Å². The lowest BCUT2D eigenvalue weighted by Crippen LogP contribution is -2.40. The molecule has 5 nitrogen and oxygen atoms in total. The SMILES string of the molecule is CNCC1COC(=O)N1c1cccc(C#N)c1. The molecule has 0 aliphatic carbocycles. The Morgan fingerprint density at radius 1 is 1.65 bits per heavy atom. The van der Waals surface area contributed by atoms with Crippen LogP contribution < -0.4 is 10.2 Å². The first-order chi connectivity index (χ1) is 8.26. The van der Waals surface area contributed by atoms with Gasteiger partial charge < -0.3 is 10.1 Å². The van der Waals surface area contributed by atoms with Crippen molar-refractivity contribution in [2.24, 2.45) is 0 Å². The van der Waals surface area contributed by atoms with Crippen LogP contribution in [-0.2, 0) is 4.74 Å². The average molecular weight is 231 g/mol. The van der Waals surface area contributed by atoms with Crippen LogP contribution in [0.1, 0.15) is 5.56 Å². The van der Waals surface area contributed by atoms with Crippen molar-refractivity contribution in [1.82, 2.24) is 5.32 Å². The normalized spacial score (nSPS) is 18.9. The Hall–Kier alpha value is -2.06. The number of benzene rings is 1. The fraction of sp³-hybridized carbons (Fsp3) is 0.333. The molecule has 0 saturated carbocycles. The second-order valence-electron chi connectivity index (χ2n) is 3.82. The summed E-state index contributed by atoms with van der Waals surface area (Å²) in [6.07, 6.45) is -0.361. The Labute approximate surface area is 99.6 Å². The molecule has 1 heterocycles. The first-order valence-electron chi connectivity index (χ1n) is 5.37. The van der Waals surface area contributed by atoms with Crippen molar-refractivity contribution in [3.63, 3.8) is 0 Å². The van der Waals surface area contributed by atoms with Crippen molar-refractivity contribution in [2.45, 2.75) is 6.04 Å². The van der Waals surface area contributed by atoms with Gasteiger partial charge in [-0.05, 0) is 25.2 Å². The Kier molecular flexibility index (Phi) is 3.26. The number of carbonyl (C=O) groups is 1. The first kappa shape index (κ1) is 11.4. The average Bonchev–Trinajstić information content (AvgIpc) is 2.71. The first-order valence-corrected chi connectivity index (χ1v) is 5.37. The third kappa shape index (κ3) is 2.22. The monoisotopic (exact) mass is 231 g/mol. The van der Waals surface area contributed by atoms with Crippen molar-refractivity contribution in [3.05, 3.63) is 29.8 Å². The van der Waals surface area contributed by atoms with Crippen LogP contribution in [0.2, 0.25) is 0 Å². The predicted octanol–water partition coefficient (Wildman–Crippen LogP) is 1.10. The summed E-state index contributed by atoms with van der Waals surface area (Å²) in [7, 11) is 1.83. The molecule has 1 fully saturated rings. The van der Waals surface area contributed by atoms with Gasteiger partial charge in [0.1, 0.15) is 6.61 Å². The molecule has 17 heavy (non-hydrogen) atoms. The van der Waals surface area contributed by atoms with Crippen molar-refractivity contribution in [3.8, 4) is 6.07 Å². The second kappa shape index (κ2) is 4.85. The van der Waals surface area contributed by atoms with Gasteiger partial charge in [-0.15, -0.1) is 0 Å². The molecule has 0 aromatic heterocycles. The van der Waals surface area contributed by atoms with Crippen LogP contribution in [0.3, 0.4) is 0 Å². The molecular formula is C12H13N3O2. The van der Waals surface area contributed by atoms with E-state index in [1.807, 2.05) is 7.05 Å². The smallest absolute Gasteiger partial charge is 0.414 e. The standard InChI is InChI=1S/C12H13N3O2/c1-14-7-11-8-17-12(16)15(11)10-4-2-3-9(5-10)6-13/h2-5,11,14H,7-8H2,1H3. The number of carbonyl (C=O) groups excluding carboxylic acids is 1. The molecule has 0 bridgehead atoms. The van der Waals surface area contributed by atoms with Crippen molar-refractivity contribution < 1.29 is 9.53 Å². The van der Waals surface area contributed by atoms with Gasteiger partial charge in [-0.2, -0.15) is 5.26 Å². The Balaban J connectivity index is 2.30. The molecule has 0 radical (unpaired) electrons. The van der Waals surface area contributed by atoms with Gasteiger partial charge >= 0.3 is 6.09 Å². The highest BCUT2D eigenvalue weighted by atomic mass is 16.6. The summed E-state index contributed by atoms with van der Waals surface area (Å²) in [5.74, 6) is 0. The van der Waals surface area contributed by atoms with E-state index in [4.69, 9.17) is 10.00 Å². The summed E-state index contributed by atoms with van der Waals surface area (Å²) in [6.45, 7) is 1.03. The molecule has 88 valence electrons. The fourth-order valence-electron chi connectivity index (χ4n) is 1.89. The highest BCUT2D eigenvalue weighted by Crippen LogP contribution is 2.23. The summed E-state index contributed by atoms with van der Waals surface area (Å²) in [5, 5.41) is 11.9. The van der Waals surface area contributed by atoms with E-state index in [1.165, 1.54) is 0 Å². The van der Waals surface area contributed by atoms with E-state index in [-0.39, 0.29) is 12.1 Å². The van der Waals surface area contributed by atoms with Crippen LogP contribution in [0.25, 0.3) is 0 Å². The molecule has 1 aromatic carbocycles. The zero-order valence-corrected chi connectivity index (χ0v) is 9.51. The zero-order chi connectivity index (χ0) is 12.3. The maximum atomic E-state index is 11.7. The van der Waals surface area contributed by atoms with E-state index < -0.39 is 0 Å². The number of amides is 1. The molecule has 1 aliphatic heterocycles. The molecule has 1 aliphatic rings. The van der Waals surface area contributed by atoms with Crippen molar-refractivity contribution in [2.75, 3.05) is 25.1 Å². The molecule has 1 aromatic rings. The van der Waals surface area contributed by atoms with Gasteiger partial charge in [-0.3, -0.25) is 4.90 Å². The molecule has 1 saturated heterocycles. The molecule has 1 atom stereocenters. The van der Waals surface area contributed by atoms with E-state index in [9.17, 15) is 4.79 Å². The minimum absolute atomic E-state index is 0.0264. The lowest BCUT2D eigenvalue weighted by atomic mass is 10.2. The lowest BCUT2D eigenvalue weighted by Gasteiger charge is -2.21. The minimum atomic E-state index is -0.361. The number of anilines is 1. The summed E-state index contributed by atoms with van der Waals surface area (Å²) in [6, 6.07) is 8.99. The van der Waals surface area contributed by atoms with Crippen LogP contribution in [0.5, 0.6) is 0 Å². The summed E-state index contributed by atoms with van der Waals surface area (Å²) in [4.78, 5) is 13.2. The number of cyclic esters (lactones) is 1. The van der Waals surface area contributed by atoms with Gasteiger partial charge in [0.2, 0.25) is 0 Å². The maximum Gasteiger partial charge on any atom is 0.414 e. The van der Waals surface area contributed by atoms with Crippen LogP contribution in [0.4, 0.5) is 10.5 Å². The number of nitriles is 1. The van der Waals surface area contributed by atoms with E-state index in [0.29, 0.717) is 24.4 Å². The number of rotatable bonds is 3. The molecule has 1 unspecified atom stereocenters. The fourth-order valence-corrected chi connectivity index (χ4v) is 1.89.